The molecule has 2 aromatic rings. The van der Waals surface area contributed by atoms with E-state index in [-0.39, 0.29) is 18.1 Å². The molecular weight excluding hydrogens is 316 g/mol. The van der Waals surface area contributed by atoms with Gasteiger partial charge in [-0.2, -0.15) is 0 Å². The first-order valence-corrected chi connectivity index (χ1v) is 8.96. The van der Waals surface area contributed by atoms with Crippen LogP contribution in [0.2, 0.25) is 0 Å². The number of ether oxygens (including phenoxy) is 2. The van der Waals surface area contributed by atoms with Gasteiger partial charge in [0.1, 0.15) is 0 Å². The highest BCUT2D eigenvalue weighted by Crippen LogP contribution is 2.35. The number of benzene rings is 1. The van der Waals surface area contributed by atoms with Gasteiger partial charge in [-0.25, -0.2) is 0 Å². The highest BCUT2D eigenvalue weighted by Gasteiger charge is 2.44. The van der Waals surface area contributed by atoms with Crippen LogP contribution in [0.4, 0.5) is 0 Å². The molecule has 5 heteroatoms. The number of rotatable bonds is 5. The van der Waals surface area contributed by atoms with E-state index >= 15 is 0 Å². The van der Waals surface area contributed by atoms with Crippen molar-refractivity contribution in [1.82, 2.24) is 9.88 Å². The second kappa shape index (κ2) is 7.02. The zero-order valence-corrected chi connectivity index (χ0v) is 14.3. The number of hydrogen-bond acceptors (Lipinski definition) is 3. The third kappa shape index (κ3) is 3.10. The summed E-state index contributed by atoms with van der Waals surface area (Å²) in [5.41, 5.74) is 1.80. The molecule has 1 N–H and O–H groups in total. The minimum atomic E-state index is 0.0819. The number of amides is 1. The average Bonchev–Trinajstić information content (AvgIpc) is 3.27. The molecule has 1 aliphatic heterocycles. The van der Waals surface area contributed by atoms with Gasteiger partial charge < -0.3 is 19.4 Å². The van der Waals surface area contributed by atoms with E-state index in [1.54, 1.807) is 6.08 Å². The molecule has 1 amide bonds. The Morgan fingerprint density at radius 1 is 1.40 bits per heavy atom. The van der Waals surface area contributed by atoms with Gasteiger partial charge in [-0.1, -0.05) is 6.08 Å². The van der Waals surface area contributed by atoms with Crippen LogP contribution in [0.15, 0.2) is 43.1 Å². The summed E-state index contributed by atoms with van der Waals surface area (Å²) in [5, 5.41) is 1.07. The molecule has 0 spiro atoms. The van der Waals surface area contributed by atoms with Crippen LogP contribution in [0.3, 0.4) is 0 Å². The molecule has 25 heavy (non-hydrogen) atoms. The van der Waals surface area contributed by atoms with Crippen LogP contribution in [0.5, 0.6) is 0 Å². The normalized spacial score (nSPS) is 25.9. The molecule has 2 aliphatic rings. The molecule has 5 nitrogen and oxygen atoms in total. The molecule has 4 rings (SSSR count). The van der Waals surface area contributed by atoms with E-state index < -0.39 is 0 Å². The number of hydrogen-bond donors (Lipinski definition) is 1. The van der Waals surface area contributed by atoms with Gasteiger partial charge in [0.15, 0.2) is 0 Å². The molecule has 2 heterocycles. The van der Waals surface area contributed by atoms with Gasteiger partial charge in [-0.3, -0.25) is 4.79 Å². The largest absolute Gasteiger partial charge is 0.377 e. The second-order valence-corrected chi connectivity index (χ2v) is 6.84. The van der Waals surface area contributed by atoms with Gasteiger partial charge in [0, 0.05) is 35.1 Å². The number of nitrogens with one attached hydrogen (secondary N) is 1. The quantitative estimate of drug-likeness (QED) is 0.672. The van der Waals surface area contributed by atoms with Crippen molar-refractivity contribution in [3.05, 3.63) is 48.7 Å². The molecule has 0 bridgehead atoms. The molecule has 1 aromatic heterocycles. The van der Waals surface area contributed by atoms with Crippen molar-refractivity contribution in [3.63, 3.8) is 0 Å². The predicted octanol–water partition coefficient (Wildman–Crippen LogP) is 2.99. The number of morpholine rings is 1. The van der Waals surface area contributed by atoms with Crippen molar-refractivity contribution in [2.45, 2.75) is 25.0 Å². The Balaban J connectivity index is 1.50. The SMILES string of the molecule is C=CCOCC1CCC2C1OCCN2C(=O)c1ccc2[nH]ccc2c1. The summed E-state index contributed by atoms with van der Waals surface area (Å²) in [6.45, 7) is 6.17. The lowest BCUT2D eigenvalue weighted by Gasteiger charge is -2.39. The fraction of sp³-hybridized carbons (Fsp3) is 0.450. The van der Waals surface area contributed by atoms with Crippen LogP contribution >= 0.6 is 0 Å². The lowest BCUT2D eigenvalue weighted by atomic mass is 10.0. The van der Waals surface area contributed by atoms with E-state index in [4.69, 9.17) is 9.47 Å². The summed E-state index contributed by atoms with van der Waals surface area (Å²) >= 11 is 0. The Bertz CT molecular complexity index is 769. The third-order valence-corrected chi connectivity index (χ3v) is 5.35. The monoisotopic (exact) mass is 340 g/mol. The first-order valence-electron chi connectivity index (χ1n) is 8.96. The van der Waals surface area contributed by atoms with Crippen LogP contribution in [0.1, 0.15) is 23.2 Å². The van der Waals surface area contributed by atoms with E-state index in [0.717, 1.165) is 29.3 Å². The first kappa shape index (κ1) is 16.4. The van der Waals surface area contributed by atoms with Crippen LogP contribution < -0.4 is 0 Å². The van der Waals surface area contributed by atoms with E-state index in [9.17, 15) is 4.79 Å². The Labute approximate surface area is 147 Å². The third-order valence-electron chi connectivity index (χ3n) is 5.35. The summed E-state index contributed by atoms with van der Waals surface area (Å²) in [6, 6.07) is 8.00. The van der Waals surface area contributed by atoms with Crippen molar-refractivity contribution in [2.75, 3.05) is 26.4 Å². The molecule has 1 aliphatic carbocycles. The fourth-order valence-electron chi connectivity index (χ4n) is 4.15. The summed E-state index contributed by atoms with van der Waals surface area (Å²) in [7, 11) is 0. The number of aromatic amines is 1. The van der Waals surface area contributed by atoms with Gasteiger partial charge in [0.2, 0.25) is 0 Å². The Morgan fingerprint density at radius 3 is 3.20 bits per heavy atom. The first-order chi connectivity index (χ1) is 12.3. The van der Waals surface area contributed by atoms with Crippen molar-refractivity contribution in [3.8, 4) is 0 Å². The molecule has 0 radical (unpaired) electrons. The van der Waals surface area contributed by atoms with Crippen molar-refractivity contribution in [2.24, 2.45) is 5.92 Å². The van der Waals surface area contributed by atoms with Gasteiger partial charge in [0.25, 0.3) is 5.91 Å². The van der Waals surface area contributed by atoms with Crippen molar-refractivity contribution in [1.29, 1.82) is 0 Å². The van der Waals surface area contributed by atoms with E-state index in [1.165, 1.54) is 0 Å². The topological polar surface area (TPSA) is 54.6 Å². The number of nitrogens with zero attached hydrogens (tertiary/aromatic N) is 1. The minimum absolute atomic E-state index is 0.0819. The Hall–Kier alpha value is -2.11. The van der Waals surface area contributed by atoms with Crippen LogP contribution in [-0.2, 0) is 9.47 Å². The van der Waals surface area contributed by atoms with Gasteiger partial charge in [-0.15, -0.1) is 6.58 Å². The Kier molecular flexibility index (Phi) is 4.59. The van der Waals surface area contributed by atoms with Crippen molar-refractivity contribution >= 4 is 16.8 Å². The maximum Gasteiger partial charge on any atom is 0.254 e. The Morgan fingerprint density at radius 2 is 2.32 bits per heavy atom. The van der Waals surface area contributed by atoms with E-state index in [0.29, 0.717) is 32.3 Å². The molecule has 132 valence electrons. The summed E-state index contributed by atoms with van der Waals surface area (Å²) in [5.74, 6) is 0.460. The lowest BCUT2D eigenvalue weighted by molar-refractivity contribution is -0.0738. The maximum absolute atomic E-state index is 13.1. The fourth-order valence-corrected chi connectivity index (χ4v) is 4.15. The summed E-state index contributed by atoms with van der Waals surface area (Å²) < 4.78 is 11.6. The van der Waals surface area contributed by atoms with Gasteiger partial charge >= 0.3 is 0 Å². The smallest absolute Gasteiger partial charge is 0.254 e. The molecule has 1 saturated heterocycles. The predicted molar refractivity (Wildman–Crippen MR) is 96.6 cm³/mol. The van der Waals surface area contributed by atoms with Crippen LogP contribution in [-0.4, -0.2) is 54.3 Å². The highest BCUT2D eigenvalue weighted by molar-refractivity contribution is 5.98. The van der Waals surface area contributed by atoms with Crippen molar-refractivity contribution < 1.29 is 14.3 Å². The van der Waals surface area contributed by atoms with Crippen LogP contribution in [0.25, 0.3) is 10.9 Å². The molecular formula is C20H24N2O3. The molecule has 2 fully saturated rings. The highest BCUT2D eigenvalue weighted by atomic mass is 16.5. The summed E-state index contributed by atoms with van der Waals surface area (Å²) in [6.07, 6.45) is 5.76. The number of carbonyl (C=O) groups excluding carboxylic acids is 1. The molecule has 3 atom stereocenters. The van der Waals surface area contributed by atoms with E-state index in [1.807, 2.05) is 35.4 Å². The zero-order chi connectivity index (χ0) is 17.2. The second-order valence-electron chi connectivity index (χ2n) is 6.84. The average molecular weight is 340 g/mol. The van der Waals surface area contributed by atoms with E-state index in [2.05, 4.69) is 11.6 Å². The number of aromatic nitrogens is 1. The standard InChI is InChI=1S/C20H24N2O3/c1-2-10-24-13-16-4-6-18-19(16)25-11-9-22(18)20(23)15-3-5-17-14(12-15)7-8-21-17/h2-3,5,7-8,12,16,18-19,21H,1,4,6,9-11,13H2. The molecule has 1 aromatic carbocycles. The maximum atomic E-state index is 13.1. The van der Waals surface area contributed by atoms with Gasteiger partial charge in [0.05, 0.1) is 32.0 Å². The molecule has 1 saturated carbocycles. The summed E-state index contributed by atoms with van der Waals surface area (Å²) in [4.78, 5) is 18.3. The lowest BCUT2D eigenvalue weighted by Crippen LogP contribution is -2.53. The van der Waals surface area contributed by atoms with Crippen LogP contribution in [0, 0.1) is 5.92 Å². The minimum Gasteiger partial charge on any atom is -0.377 e. The molecule has 3 unspecified atom stereocenters. The number of carbonyl (C=O) groups is 1. The number of fused-ring (bicyclic) bond motifs is 2. The number of H-pyrrole nitrogens is 1. The van der Waals surface area contributed by atoms with Gasteiger partial charge in [-0.05, 0) is 37.1 Å². The zero-order valence-electron chi connectivity index (χ0n) is 14.3.